The fraction of sp³-hybridized carbons (Fsp3) is 0.364. The summed E-state index contributed by atoms with van der Waals surface area (Å²) in [6, 6.07) is 7.33. The number of ether oxygens (including phenoxy) is 3. The molecule has 9 nitrogen and oxygen atoms in total. The zero-order valence-electron chi connectivity index (χ0n) is 18.3. The number of benzene rings is 2. The summed E-state index contributed by atoms with van der Waals surface area (Å²) in [7, 11) is -2.38. The molecule has 180 valence electrons. The number of aliphatic hydroxyl groups is 1. The molecule has 0 spiro atoms. The second kappa shape index (κ2) is 8.90. The Morgan fingerprint density at radius 3 is 2.79 bits per heavy atom. The maximum atomic E-state index is 14.1. The van der Waals surface area contributed by atoms with Gasteiger partial charge in [0, 0.05) is 28.3 Å². The van der Waals surface area contributed by atoms with Crippen molar-refractivity contribution in [1.29, 1.82) is 0 Å². The standard InChI is InChI=1S/C22H22ClFN4O5S/c1-34(2,30)28-12-6-13(23)19-15(7-12)25-10-26-22(19)27-14-4-3-11(24)5-17(14)33-18-9-32-20-16(29)8-31-21(18)20/h3-7,10,16,18,20-21,29H,8-9H2,1-2H3,(H,25,26,27)/t16-,18-,20-,21-/m1/s1. The molecule has 0 radical (unpaired) electrons. The number of halogens is 2. The van der Waals surface area contributed by atoms with Crippen LogP contribution in [0.1, 0.15) is 0 Å². The number of nitrogens with zero attached hydrogens (tertiary/aromatic N) is 3. The quantitative estimate of drug-likeness (QED) is 0.538. The predicted molar refractivity (Wildman–Crippen MR) is 126 cm³/mol. The monoisotopic (exact) mass is 508 g/mol. The first-order valence-corrected chi connectivity index (χ1v) is 13.1. The molecule has 5 rings (SSSR count). The average Bonchev–Trinajstić information content (AvgIpc) is 3.32. The highest BCUT2D eigenvalue weighted by atomic mass is 35.5. The van der Waals surface area contributed by atoms with Crippen LogP contribution in [0.15, 0.2) is 41.0 Å². The maximum absolute atomic E-state index is 14.1. The van der Waals surface area contributed by atoms with Gasteiger partial charge in [-0.3, -0.25) is 0 Å². The summed E-state index contributed by atoms with van der Waals surface area (Å²) >= 11 is 6.52. The van der Waals surface area contributed by atoms with E-state index in [9.17, 15) is 13.7 Å². The van der Waals surface area contributed by atoms with Gasteiger partial charge in [-0.05, 0) is 24.3 Å². The van der Waals surface area contributed by atoms with Gasteiger partial charge in [-0.25, -0.2) is 18.6 Å². The fourth-order valence-electron chi connectivity index (χ4n) is 4.06. The van der Waals surface area contributed by atoms with Crippen molar-refractivity contribution in [1.82, 2.24) is 9.97 Å². The minimum atomic E-state index is -2.38. The van der Waals surface area contributed by atoms with Gasteiger partial charge in [0.05, 0.1) is 40.5 Å². The van der Waals surface area contributed by atoms with Crippen molar-refractivity contribution in [2.75, 3.05) is 31.0 Å². The van der Waals surface area contributed by atoms with E-state index in [1.807, 2.05) is 0 Å². The highest BCUT2D eigenvalue weighted by Crippen LogP contribution is 2.37. The van der Waals surface area contributed by atoms with Crippen molar-refractivity contribution < 1.29 is 27.9 Å². The number of hydrogen-bond donors (Lipinski definition) is 2. The maximum Gasteiger partial charge on any atom is 0.151 e. The number of nitrogens with one attached hydrogen (secondary N) is 1. The largest absolute Gasteiger partial charge is 0.483 e. The molecule has 2 saturated heterocycles. The van der Waals surface area contributed by atoms with Gasteiger partial charge in [-0.2, -0.15) is 4.36 Å². The summed E-state index contributed by atoms with van der Waals surface area (Å²) in [5.41, 5.74) is 1.38. The van der Waals surface area contributed by atoms with Crippen molar-refractivity contribution >= 4 is 49.4 Å². The van der Waals surface area contributed by atoms with Gasteiger partial charge in [0.15, 0.2) is 6.10 Å². The molecule has 4 atom stereocenters. The van der Waals surface area contributed by atoms with E-state index in [1.165, 1.54) is 37.0 Å². The number of fused-ring (bicyclic) bond motifs is 2. The van der Waals surface area contributed by atoms with Crippen molar-refractivity contribution in [3.63, 3.8) is 0 Å². The fourth-order valence-corrected chi connectivity index (χ4v) is 4.97. The summed E-state index contributed by atoms with van der Waals surface area (Å²) in [4.78, 5) is 8.56. The van der Waals surface area contributed by atoms with Crippen LogP contribution < -0.4 is 10.1 Å². The Hall–Kier alpha value is -2.57. The van der Waals surface area contributed by atoms with Crippen LogP contribution in [0.2, 0.25) is 5.02 Å². The van der Waals surface area contributed by atoms with E-state index >= 15 is 0 Å². The average molecular weight is 509 g/mol. The molecule has 2 aromatic carbocycles. The first-order chi connectivity index (χ1) is 16.2. The van der Waals surface area contributed by atoms with Gasteiger partial charge in [0.1, 0.15) is 42.0 Å². The molecule has 0 amide bonds. The SMILES string of the molecule is CS(C)(=O)=Nc1cc(Cl)c2c(Nc3ccc(F)cc3O[C@@H]3CO[C@H]4[C@@H]3OC[C@H]4O)ncnc2c1. The third kappa shape index (κ3) is 4.66. The molecule has 3 aromatic rings. The van der Waals surface area contributed by atoms with Crippen LogP contribution in [0, 0.1) is 5.82 Å². The van der Waals surface area contributed by atoms with E-state index in [4.69, 9.17) is 25.8 Å². The Balaban J connectivity index is 1.48. The van der Waals surface area contributed by atoms with Crippen LogP contribution in [0.3, 0.4) is 0 Å². The lowest BCUT2D eigenvalue weighted by Gasteiger charge is -2.20. The van der Waals surface area contributed by atoms with E-state index in [0.29, 0.717) is 33.1 Å². The molecule has 0 bridgehead atoms. The second-order valence-corrected chi connectivity index (χ2v) is 11.4. The molecule has 0 aliphatic carbocycles. The van der Waals surface area contributed by atoms with E-state index in [2.05, 4.69) is 19.6 Å². The third-order valence-electron chi connectivity index (χ3n) is 5.46. The molecule has 0 saturated carbocycles. The topological polar surface area (TPSA) is 115 Å². The third-order valence-corrected chi connectivity index (χ3v) is 6.41. The van der Waals surface area contributed by atoms with Gasteiger partial charge < -0.3 is 24.6 Å². The number of aromatic nitrogens is 2. The van der Waals surface area contributed by atoms with Gasteiger partial charge >= 0.3 is 0 Å². The zero-order chi connectivity index (χ0) is 24.0. The van der Waals surface area contributed by atoms with E-state index < -0.39 is 40.0 Å². The van der Waals surface area contributed by atoms with Crippen LogP contribution in [0.4, 0.5) is 21.6 Å². The minimum absolute atomic E-state index is 0.161. The summed E-state index contributed by atoms with van der Waals surface area (Å²) < 4.78 is 47.6. The van der Waals surface area contributed by atoms with Crippen molar-refractivity contribution in [2.45, 2.75) is 24.4 Å². The van der Waals surface area contributed by atoms with Gasteiger partial charge in [-0.1, -0.05) is 11.6 Å². The van der Waals surface area contributed by atoms with Crippen molar-refractivity contribution in [3.8, 4) is 5.75 Å². The summed E-state index contributed by atoms with van der Waals surface area (Å²) in [6.07, 6.45) is 2.26. The number of anilines is 2. The predicted octanol–water partition coefficient (Wildman–Crippen LogP) is 3.43. The highest BCUT2D eigenvalue weighted by molar-refractivity contribution is 7.92. The van der Waals surface area contributed by atoms with Crippen molar-refractivity contribution in [3.05, 3.63) is 47.5 Å². The van der Waals surface area contributed by atoms with E-state index in [-0.39, 0.29) is 19.0 Å². The second-order valence-electron chi connectivity index (χ2n) is 8.40. The first-order valence-electron chi connectivity index (χ1n) is 10.4. The lowest BCUT2D eigenvalue weighted by atomic mass is 10.1. The molecular formula is C22H22ClFN4O5S. The number of aliphatic hydroxyl groups excluding tert-OH is 1. The molecule has 2 fully saturated rings. The molecule has 2 N–H and O–H groups in total. The first kappa shape index (κ1) is 23.2. The Labute approximate surface area is 200 Å². The summed E-state index contributed by atoms with van der Waals surface area (Å²) in [5.74, 6) is 0.119. The smallest absolute Gasteiger partial charge is 0.151 e. The van der Waals surface area contributed by atoms with Crippen LogP contribution in [0.5, 0.6) is 5.75 Å². The molecule has 34 heavy (non-hydrogen) atoms. The van der Waals surface area contributed by atoms with E-state index in [0.717, 1.165) is 0 Å². The van der Waals surface area contributed by atoms with Gasteiger partial charge in [0.25, 0.3) is 0 Å². The Morgan fingerprint density at radius 2 is 2.00 bits per heavy atom. The lowest BCUT2D eigenvalue weighted by Crippen LogP contribution is -2.34. The van der Waals surface area contributed by atoms with E-state index in [1.54, 1.807) is 12.1 Å². The molecule has 0 unspecified atom stereocenters. The zero-order valence-corrected chi connectivity index (χ0v) is 19.8. The van der Waals surface area contributed by atoms with Gasteiger partial charge in [0.2, 0.25) is 0 Å². The van der Waals surface area contributed by atoms with Crippen LogP contribution in [-0.4, -0.2) is 69.4 Å². The van der Waals surface area contributed by atoms with Crippen LogP contribution in [-0.2, 0) is 19.2 Å². The molecule has 3 heterocycles. The Bertz CT molecular complexity index is 1370. The lowest BCUT2D eigenvalue weighted by molar-refractivity contribution is 0.00871. The van der Waals surface area contributed by atoms with Crippen LogP contribution >= 0.6 is 11.6 Å². The molecule has 2 aliphatic rings. The van der Waals surface area contributed by atoms with Gasteiger partial charge in [-0.15, -0.1) is 0 Å². The molecule has 2 aliphatic heterocycles. The summed E-state index contributed by atoms with van der Waals surface area (Å²) in [5, 5.41) is 13.9. The Morgan fingerprint density at radius 1 is 1.21 bits per heavy atom. The minimum Gasteiger partial charge on any atom is -0.483 e. The number of rotatable bonds is 5. The molecule has 12 heteroatoms. The van der Waals surface area contributed by atoms with Crippen molar-refractivity contribution in [2.24, 2.45) is 4.36 Å². The summed E-state index contributed by atoms with van der Waals surface area (Å²) in [6.45, 7) is 0.364. The Kier molecular flexibility index (Phi) is 6.07. The highest BCUT2D eigenvalue weighted by Gasteiger charge is 2.48. The number of hydrogen-bond acceptors (Lipinski definition) is 9. The van der Waals surface area contributed by atoms with Crippen LogP contribution in [0.25, 0.3) is 10.9 Å². The molecular weight excluding hydrogens is 487 g/mol. The molecule has 1 aromatic heterocycles. The normalized spacial score (nSPS) is 24.3.